The number of aryl methyl sites for hydroxylation is 1. The van der Waals surface area contributed by atoms with Gasteiger partial charge in [0, 0.05) is 12.0 Å². The fraction of sp³-hybridized carbons (Fsp3) is 0.375. The molecule has 0 unspecified atom stereocenters. The average Bonchev–Trinajstić information content (AvgIpc) is 3.21. The van der Waals surface area contributed by atoms with Gasteiger partial charge in [-0.2, -0.15) is 0 Å². The van der Waals surface area contributed by atoms with Gasteiger partial charge in [0.05, 0.1) is 18.5 Å². The minimum atomic E-state index is -0.358. The molecule has 0 radical (unpaired) electrons. The highest BCUT2D eigenvalue weighted by Gasteiger charge is 2.55. The summed E-state index contributed by atoms with van der Waals surface area (Å²) in [4.78, 5) is 7.95. The third kappa shape index (κ3) is 2.78. The van der Waals surface area contributed by atoms with Gasteiger partial charge in [-0.1, -0.05) is 12.1 Å². The van der Waals surface area contributed by atoms with Crippen LogP contribution in [-0.2, 0) is 5.41 Å². The maximum atomic E-state index is 13.5. The molecule has 22 heavy (non-hydrogen) atoms. The van der Waals surface area contributed by atoms with Crippen LogP contribution in [0.5, 0.6) is 5.75 Å². The Morgan fingerprint density at radius 3 is 2.95 bits per heavy atom. The van der Waals surface area contributed by atoms with E-state index in [4.69, 9.17) is 16.3 Å². The average molecular weight is 323 g/mol. The largest absolute Gasteiger partial charge is 0.489 e. The molecule has 1 fully saturated rings. The number of hydrogen-bond donors (Lipinski definition) is 1. The second-order valence-corrected chi connectivity index (χ2v) is 5.97. The Morgan fingerprint density at radius 2 is 2.32 bits per heavy atom. The molecule has 1 N–H and O–H groups in total. The summed E-state index contributed by atoms with van der Waals surface area (Å²) in [5, 5.41) is 9.64. The first-order valence-corrected chi connectivity index (χ1v) is 7.42. The highest BCUT2D eigenvalue weighted by atomic mass is 35.5. The Balaban J connectivity index is 1.81. The molecule has 1 heterocycles. The number of aliphatic hydroxyl groups is 1. The lowest BCUT2D eigenvalue weighted by atomic mass is 9.94. The van der Waals surface area contributed by atoms with Crippen molar-refractivity contribution in [3.05, 3.63) is 52.8 Å². The van der Waals surface area contributed by atoms with Crippen molar-refractivity contribution >= 4 is 11.6 Å². The number of aliphatic hydroxyl groups excluding tert-OH is 1. The summed E-state index contributed by atoms with van der Waals surface area (Å²) < 4.78 is 19.3. The molecule has 1 aromatic heterocycles. The van der Waals surface area contributed by atoms with Crippen LogP contribution >= 0.6 is 11.6 Å². The molecule has 3 rings (SSSR count). The van der Waals surface area contributed by atoms with Crippen LogP contribution in [0.15, 0.2) is 30.5 Å². The molecule has 2 atom stereocenters. The zero-order chi connectivity index (χ0) is 15.7. The van der Waals surface area contributed by atoms with E-state index in [1.165, 1.54) is 18.3 Å². The quantitative estimate of drug-likeness (QED) is 0.860. The van der Waals surface area contributed by atoms with E-state index in [1.807, 2.05) is 6.07 Å². The van der Waals surface area contributed by atoms with Crippen LogP contribution in [0.2, 0.25) is 5.28 Å². The highest BCUT2D eigenvalue weighted by molar-refractivity contribution is 6.28. The Bertz CT molecular complexity index is 698. The maximum absolute atomic E-state index is 13.5. The van der Waals surface area contributed by atoms with Gasteiger partial charge in [0.15, 0.2) is 5.75 Å². The summed E-state index contributed by atoms with van der Waals surface area (Å²) >= 11 is 5.73. The summed E-state index contributed by atoms with van der Waals surface area (Å²) in [5.74, 6) is 0.332. The standard InChI is InChI=1S/C16H16ClFN2O2/c1-10-14(7-19-15(17)20-10)22-9-16(6-12(16)8-21)11-3-2-4-13(18)5-11/h2-5,7,12,21H,6,8-9H2,1H3/t12-,16+/m0/s1. The van der Waals surface area contributed by atoms with Crippen molar-refractivity contribution < 1.29 is 14.2 Å². The van der Waals surface area contributed by atoms with Crippen molar-refractivity contribution in [3.63, 3.8) is 0 Å². The molecule has 0 saturated heterocycles. The van der Waals surface area contributed by atoms with E-state index in [1.54, 1.807) is 13.0 Å². The number of benzene rings is 1. The molecule has 0 amide bonds. The van der Waals surface area contributed by atoms with E-state index in [-0.39, 0.29) is 29.0 Å². The van der Waals surface area contributed by atoms with Gasteiger partial charge in [-0.25, -0.2) is 14.4 Å². The summed E-state index contributed by atoms with van der Waals surface area (Å²) in [6, 6.07) is 6.46. The van der Waals surface area contributed by atoms with Crippen LogP contribution in [0.3, 0.4) is 0 Å². The monoisotopic (exact) mass is 322 g/mol. The van der Waals surface area contributed by atoms with Crippen LogP contribution in [0.4, 0.5) is 4.39 Å². The van der Waals surface area contributed by atoms with Gasteiger partial charge in [-0.15, -0.1) is 0 Å². The van der Waals surface area contributed by atoms with Gasteiger partial charge in [-0.3, -0.25) is 0 Å². The van der Waals surface area contributed by atoms with E-state index in [0.29, 0.717) is 18.1 Å². The molecular formula is C16H16ClFN2O2. The van der Waals surface area contributed by atoms with Crippen molar-refractivity contribution in [3.8, 4) is 5.75 Å². The highest BCUT2D eigenvalue weighted by Crippen LogP contribution is 2.54. The van der Waals surface area contributed by atoms with Gasteiger partial charge < -0.3 is 9.84 Å². The normalized spacial score (nSPS) is 23.4. The molecule has 0 bridgehead atoms. The Kier molecular flexibility index (Phi) is 4.02. The van der Waals surface area contributed by atoms with Crippen LogP contribution in [0.25, 0.3) is 0 Å². The van der Waals surface area contributed by atoms with Crippen LogP contribution in [0.1, 0.15) is 17.7 Å². The van der Waals surface area contributed by atoms with E-state index in [0.717, 1.165) is 12.0 Å². The van der Waals surface area contributed by atoms with Crippen molar-refractivity contribution in [1.82, 2.24) is 9.97 Å². The van der Waals surface area contributed by atoms with Crippen LogP contribution in [-0.4, -0.2) is 28.3 Å². The molecule has 116 valence electrons. The molecule has 2 aromatic rings. The fourth-order valence-corrected chi connectivity index (χ4v) is 2.98. The van der Waals surface area contributed by atoms with Crippen molar-refractivity contribution in [1.29, 1.82) is 0 Å². The summed E-state index contributed by atoms with van der Waals surface area (Å²) in [6.07, 6.45) is 2.29. The van der Waals surface area contributed by atoms with E-state index in [2.05, 4.69) is 9.97 Å². The number of rotatable bonds is 5. The summed E-state index contributed by atoms with van der Waals surface area (Å²) in [6.45, 7) is 2.18. The van der Waals surface area contributed by atoms with Gasteiger partial charge >= 0.3 is 0 Å². The number of aromatic nitrogens is 2. The lowest BCUT2D eigenvalue weighted by molar-refractivity contribution is 0.224. The first-order valence-electron chi connectivity index (χ1n) is 7.04. The van der Waals surface area contributed by atoms with E-state index >= 15 is 0 Å². The smallest absolute Gasteiger partial charge is 0.222 e. The van der Waals surface area contributed by atoms with Crippen molar-refractivity contribution in [2.45, 2.75) is 18.8 Å². The Labute approximate surface area is 132 Å². The van der Waals surface area contributed by atoms with Crippen molar-refractivity contribution in [2.24, 2.45) is 5.92 Å². The molecule has 1 aliphatic rings. The summed E-state index contributed by atoms with van der Waals surface area (Å²) in [5.41, 5.74) is 1.14. The number of ether oxygens (including phenoxy) is 1. The second-order valence-electron chi connectivity index (χ2n) is 5.63. The van der Waals surface area contributed by atoms with Crippen LogP contribution in [0, 0.1) is 18.7 Å². The third-order valence-corrected chi connectivity index (χ3v) is 4.42. The molecule has 0 aliphatic heterocycles. The minimum absolute atomic E-state index is 0.0516. The molecule has 1 saturated carbocycles. The zero-order valence-electron chi connectivity index (χ0n) is 12.1. The van der Waals surface area contributed by atoms with Crippen LogP contribution < -0.4 is 4.74 Å². The molecule has 0 spiro atoms. The van der Waals surface area contributed by atoms with Gasteiger partial charge in [-0.05, 0) is 48.6 Å². The van der Waals surface area contributed by atoms with Gasteiger partial charge in [0.2, 0.25) is 5.28 Å². The van der Waals surface area contributed by atoms with E-state index < -0.39 is 0 Å². The minimum Gasteiger partial charge on any atom is -0.489 e. The lowest BCUT2D eigenvalue weighted by Crippen LogP contribution is -2.22. The first-order chi connectivity index (χ1) is 10.5. The predicted octanol–water partition coefficient (Wildman–Crippen LogP) is 2.91. The Hall–Kier alpha value is -1.72. The third-order valence-electron chi connectivity index (χ3n) is 4.24. The van der Waals surface area contributed by atoms with Gasteiger partial charge in [0.25, 0.3) is 0 Å². The molecule has 1 aliphatic carbocycles. The fourth-order valence-electron chi connectivity index (χ4n) is 2.81. The topological polar surface area (TPSA) is 55.2 Å². The number of hydrogen-bond acceptors (Lipinski definition) is 4. The molecule has 1 aromatic carbocycles. The van der Waals surface area contributed by atoms with E-state index in [9.17, 15) is 9.50 Å². The zero-order valence-corrected chi connectivity index (χ0v) is 12.8. The lowest BCUT2D eigenvalue weighted by Gasteiger charge is -2.19. The second kappa shape index (κ2) is 5.82. The Morgan fingerprint density at radius 1 is 1.50 bits per heavy atom. The molecule has 4 nitrogen and oxygen atoms in total. The molecule has 6 heteroatoms. The van der Waals surface area contributed by atoms with Crippen molar-refractivity contribution in [2.75, 3.05) is 13.2 Å². The molecular weight excluding hydrogens is 307 g/mol. The summed E-state index contributed by atoms with van der Waals surface area (Å²) in [7, 11) is 0. The number of nitrogens with zero attached hydrogens (tertiary/aromatic N) is 2. The first kappa shape index (κ1) is 15.2. The predicted molar refractivity (Wildman–Crippen MR) is 80.5 cm³/mol. The SMILES string of the molecule is Cc1nc(Cl)ncc1OC[C@@]1(c2cccc(F)c2)C[C@H]1CO. The van der Waals surface area contributed by atoms with Gasteiger partial charge in [0.1, 0.15) is 5.82 Å². The maximum Gasteiger partial charge on any atom is 0.222 e. The number of halogens is 2.